The van der Waals surface area contributed by atoms with E-state index in [1.54, 1.807) is 21.3 Å². The number of benzene rings is 2. The van der Waals surface area contributed by atoms with Crippen LogP contribution >= 0.6 is 0 Å². The molecule has 6 nitrogen and oxygen atoms in total. The minimum Gasteiger partial charge on any atom is -0.497 e. The standard InChI is InChI=1S/C25H34N2O4/c1-26-12-5-10-25(11-13-26)18-27(16-19-6-8-23(29-3)24(14-19)30-4)17-20-15-21(28-2)7-9-22(20)31-25/h6-9,14-15H,5,10-13,16-18H2,1-4H3. The number of rotatable bonds is 5. The van der Waals surface area contributed by atoms with E-state index in [2.05, 4.69) is 41.1 Å². The van der Waals surface area contributed by atoms with E-state index >= 15 is 0 Å². The van der Waals surface area contributed by atoms with Crippen molar-refractivity contribution in [3.63, 3.8) is 0 Å². The predicted octanol–water partition coefficient (Wildman–Crippen LogP) is 3.96. The lowest BCUT2D eigenvalue weighted by atomic mass is 9.93. The SMILES string of the molecule is COc1ccc2c(c1)CN(Cc1ccc(OC)c(OC)c1)CC1(CCCN(C)CC1)O2. The van der Waals surface area contributed by atoms with Crippen molar-refractivity contribution in [2.75, 3.05) is 48.0 Å². The van der Waals surface area contributed by atoms with Crippen molar-refractivity contribution >= 4 is 0 Å². The Morgan fingerprint density at radius 1 is 0.935 bits per heavy atom. The van der Waals surface area contributed by atoms with Crippen LogP contribution in [0.3, 0.4) is 0 Å². The molecule has 6 heteroatoms. The zero-order chi connectivity index (χ0) is 21.8. The molecule has 1 unspecified atom stereocenters. The molecule has 31 heavy (non-hydrogen) atoms. The van der Waals surface area contributed by atoms with Gasteiger partial charge >= 0.3 is 0 Å². The first-order chi connectivity index (χ1) is 15.0. The third kappa shape index (κ3) is 4.91. The summed E-state index contributed by atoms with van der Waals surface area (Å²) in [6.45, 7) is 4.70. The summed E-state index contributed by atoms with van der Waals surface area (Å²) in [5, 5.41) is 0. The minimum absolute atomic E-state index is 0.179. The van der Waals surface area contributed by atoms with Crippen LogP contribution in [0.1, 0.15) is 30.4 Å². The Balaban J connectivity index is 1.65. The number of nitrogens with zero attached hydrogens (tertiary/aromatic N) is 2. The lowest BCUT2D eigenvalue weighted by molar-refractivity contribution is 0.0221. The van der Waals surface area contributed by atoms with Gasteiger partial charge in [0.2, 0.25) is 0 Å². The first-order valence-corrected chi connectivity index (χ1v) is 11.0. The fourth-order valence-corrected chi connectivity index (χ4v) is 4.79. The number of methoxy groups -OCH3 is 3. The van der Waals surface area contributed by atoms with E-state index in [0.717, 1.165) is 75.0 Å². The quantitative estimate of drug-likeness (QED) is 0.721. The Morgan fingerprint density at radius 2 is 1.77 bits per heavy atom. The van der Waals surface area contributed by atoms with Gasteiger partial charge in [0, 0.05) is 38.2 Å². The van der Waals surface area contributed by atoms with Gasteiger partial charge in [-0.15, -0.1) is 0 Å². The predicted molar refractivity (Wildman–Crippen MR) is 121 cm³/mol. The summed E-state index contributed by atoms with van der Waals surface area (Å²) < 4.78 is 23.2. The van der Waals surface area contributed by atoms with Crippen molar-refractivity contribution in [3.05, 3.63) is 47.5 Å². The smallest absolute Gasteiger partial charge is 0.161 e. The van der Waals surface area contributed by atoms with Crippen molar-refractivity contribution in [3.8, 4) is 23.0 Å². The summed E-state index contributed by atoms with van der Waals surface area (Å²) in [7, 11) is 7.26. The van der Waals surface area contributed by atoms with Crippen molar-refractivity contribution < 1.29 is 18.9 Å². The fourth-order valence-electron chi connectivity index (χ4n) is 4.79. The molecule has 1 fully saturated rings. The Morgan fingerprint density at radius 3 is 2.55 bits per heavy atom. The van der Waals surface area contributed by atoms with Crippen LogP contribution in [0.15, 0.2) is 36.4 Å². The van der Waals surface area contributed by atoms with Crippen LogP contribution in [0.2, 0.25) is 0 Å². The maximum atomic E-state index is 6.79. The lowest BCUT2D eigenvalue weighted by Crippen LogP contribution is -2.46. The maximum absolute atomic E-state index is 6.79. The molecule has 1 spiro atoms. The average molecular weight is 427 g/mol. The molecule has 1 atom stereocenters. The summed E-state index contributed by atoms with van der Waals surface area (Å²) in [4.78, 5) is 4.91. The number of likely N-dealkylation sites (tertiary alicyclic amines) is 1. The molecule has 0 N–H and O–H groups in total. The third-order valence-corrected chi connectivity index (χ3v) is 6.48. The van der Waals surface area contributed by atoms with Gasteiger partial charge in [-0.2, -0.15) is 0 Å². The van der Waals surface area contributed by atoms with E-state index in [-0.39, 0.29) is 5.60 Å². The first-order valence-electron chi connectivity index (χ1n) is 11.0. The minimum atomic E-state index is -0.179. The molecular weight excluding hydrogens is 392 g/mol. The van der Waals surface area contributed by atoms with E-state index in [1.165, 1.54) is 11.1 Å². The number of ether oxygens (including phenoxy) is 4. The second-order valence-corrected chi connectivity index (χ2v) is 8.75. The summed E-state index contributed by atoms with van der Waals surface area (Å²) in [5.41, 5.74) is 2.19. The molecule has 2 aromatic carbocycles. The van der Waals surface area contributed by atoms with Crippen LogP contribution in [0.5, 0.6) is 23.0 Å². The van der Waals surface area contributed by atoms with E-state index in [4.69, 9.17) is 18.9 Å². The van der Waals surface area contributed by atoms with Crippen molar-refractivity contribution in [1.82, 2.24) is 9.80 Å². The van der Waals surface area contributed by atoms with Gasteiger partial charge in [0.1, 0.15) is 17.1 Å². The Bertz CT molecular complexity index is 903. The molecular formula is C25H34N2O4. The zero-order valence-corrected chi connectivity index (χ0v) is 19.1. The molecule has 2 aromatic rings. The van der Waals surface area contributed by atoms with E-state index in [9.17, 15) is 0 Å². The Hall–Kier alpha value is -2.44. The molecule has 0 amide bonds. The highest BCUT2D eigenvalue weighted by atomic mass is 16.5. The van der Waals surface area contributed by atoms with Gasteiger partial charge in [-0.1, -0.05) is 6.07 Å². The molecule has 0 bridgehead atoms. The van der Waals surface area contributed by atoms with Gasteiger partial charge < -0.3 is 23.8 Å². The van der Waals surface area contributed by atoms with Crippen LogP contribution < -0.4 is 18.9 Å². The largest absolute Gasteiger partial charge is 0.497 e. The average Bonchev–Trinajstić information content (AvgIpc) is 3.05. The first kappa shape index (κ1) is 21.8. The highest BCUT2D eigenvalue weighted by molar-refractivity contribution is 5.44. The van der Waals surface area contributed by atoms with Crippen molar-refractivity contribution in [2.24, 2.45) is 0 Å². The van der Waals surface area contributed by atoms with Crippen LogP contribution in [0, 0.1) is 0 Å². The fraction of sp³-hybridized carbons (Fsp3) is 0.520. The lowest BCUT2D eigenvalue weighted by Gasteiger charge is -2.35. The molecule has 168 valence electrons. The normalized spacial score (nSPS) is 22.2. The zero-order valence-electron chi connectivity index (χ0n) is 19.1. The van der Waals surface area contributed by atoms with Gasteiger partial charge in [0.15, 0.2) is 11.5 Å². The molecule has 0 aliphatic carbocycles. The van der Waals surface area contributed by atoms with Gasteiger partial charge in [-0.3, -0.25) is 4.90 Å². The Kier molecular flexibility index (Phi) is 6.58. The van der Waals surface area contributed by atoms with Gasteiger partial charge in [0.25, 0.3) is 0 Å². The third-order valence-electron chi connectivity index (χ3n) is 6.48. The highest BCUT2D eigenvalue weighted by Gasteiger charge is 2.39. The van der Waals surface area contributed by atoms with Crippen LogP contribution in [0.4, 0.5) is 0 Å². The number of hydrogen-bond acceptors (Lipinski definition) is 6. The molecule has 2 aliphatic heterocycles. The Labute approximate surface area is 185 Å². The number of hydrogen-bond donors (Lipinski definition) is 0. The van der Waals surface area contributed by atoms with Gasteiger partial charge in [-0.25, -0.2) is 0 Å². The van der Waals surface area contributed by atoms with E-state index in [1.807, 2.05) is 12.1 Å². The number of fused-ring (bicyclic) bond motifs is 1. The summed E-state index contributed by atoms with van der Waals surface area (Å²) in [6, 6.07) is 12.4. The molecule has 2 heterocycles. The molecule has 1 saturated heterocycles. The maximum Gasteiger partial charge on any atom is 0.161 e. The highest BCUT2D eigenvalue weighted by Crippen LogP contribution is 2.38. The summed E-state index contributed by atoms with van der Waals surface area (Å²) >= 11 is 0. The molecule has 0 radical (unpaired) electrons. The summed E-state index contributed by atoms with van der Waals surface area (Å²) in [5.74, 6) is 3.37. The second kappa shape index (κ2) is 9.37. The molecule has 2 aliphatic rings. The molecule has 4 rings (SSSR count). The second-order valence-electron chi connectivity index (χ2n) is 8.75. The molecule has 0 aromatic heterocycles. The van der Waals surface area contributed by atoms with E-state index < -0.39 is 0 Å². The monoisotopic (exact) mass is 426 g/mol. The van der Waals surface area contributed by atoms with Crippen molar-refractivity contribution in [2.45, 2.75) is 38.0 Å². The summed E-state index contributed by atoms with van der Waals surface area (Å²) in [6.07, 6.45) is 3.23. The van der Waals surface area contributed by atoms with E-state index in [0.29, 0.717) is 0 Å². The topological polar surface area (TPSA) is 43.4 Å². The van der Waals surface area contributed by atoms with Crippen LogP contribution in [0.25, 0.3) is 0 Å². The molecule has 0 saturated carbocycles. The van der Waals surface area contributed by atoms with Crippen LogP contribution in [-0.4, -0.2) is 63.4 Å². The van der Waals surface area contributed by atoms with Crippen LogP contribution in [-0.2, 0) is 13.1 Å². The van der Waals surface area contributed by atoms with Crippen molar-refractivity contribution in [1.29, 1.82) is 0 Å². The van der Waals surface area contributed by atoms with Gasteiger partial charge in [0.05, 0.1) is 21.3 Å². The van der Waals surface area contributed by atoms with Gasteiger partial charge in [-0.05, 0) is 62.3 Å².